The van der Waals surface area contributed by atoms with Gasteiger partial charge >= 0.3 is 0 Å². The quantitative estimate of drug-likeness (QED) is 0.257. The molecular weight excluding hydrogens is 238 g/mol. The van der Waals surface area contributed by atoms with E-state index in [2.05, 4.69) is 11.8 Å². The lowest BCUT2D eigenvalue weighted by Crippen LogP contribution is -2.01. The lowest BCUT2D eigenvalue weighted by atomic mass is 9.98. The van der Waals surface area contributed by atoms with Gasteiger partial charge in [-0.05, 0) is 32.8 Å². The van der Waals surface area contributed by atoms with Gasteiger partial charge in [0.1, 0.15) is 18.2 Å². The van der Waals surface area contributed by atoms with Crippen molar-refractivity contribution < 1.29 is 9.16 Å². The Morgan fingerprint density at radius 1 is 1.26 bits per heavy atom. The van der Waals surface area contributed by atoms with Crippen LogP contribution in [0.1, 0.15) is 32.1 Å². The largest absolute Gasteiger partial charge is 0.624 e. The Morgan fingerprint density at radius 3 is 2.58 bits per heavy atom. The maximum atomic E-state index is 11.3. The molecule has 2 aromatic rings. The van der Waals surface area contributed by atoms with Gasteiger partial charge in [0.05, 0.1) is 0 Å². The van der Waals surface area contributed by atoms with Gasteiger partial charge in [-0.2, -0.15) is 0 Å². The first kappa shape index (κ1) is 13.2. The first-order valence-electron chi connectivity index (χ1n) is 6.16. The molecule has 3 heteroatoms. The lowest BCUT2D eigenvalue weighted by Gasteiger charge is -2.06. The molecule has 1 aromatic heterocycles. The van der Waals surface area contributed by atoms with Gasteiger partial charge in [-0.3, -0.25) is 0 Å². The maximum absolute atomic E-state index is 11.3. The van der Waals surface area contributed by atoms with E-state index in [-0.39, 0.29) is 5.41 Å². The number of para-hydroxylation sites is 1. The van der Waals surface area contributed by atoms with E-state index in [1.165, 1.54) is 13.3 Å². The Balaban J connectivity index is 2.65. The topological polar surface area (TPSA) is 39.2 Å². The van der Waals surface area contributed by atoms with E-state index >= 15 is 0 Å². The van der Waals surface area contributed by atoms with Crippen molar-refractivity contribution in [2.75, 3.05) is 7.05 Å². The minimum absolute atomic E-state index is 0.111. The third-order valence-corrected chi connectivity index (χ3v) is 2.50. The van der Waals surface area contributed by atoms with E-state index in [9.17, 15) is 5.21 Å². The molecule has 98 valence electrons. The summed E-state index contributed by atoms with van der Waals surface area (Å²) in [5, 5.41) is 12.2. The van der Waals surface area contributed by atoms with Gasteiger partial charge in [-0.1, -0.05) is 24.1 Å². The standard InChI is InChI=1S/C16H17NO2/c1-16(2,3)10-9-15-13(11-17(4)18)12-7-5-6-8-14(12)19-15/h5-8,11H,1-4H3/b17-11-. The molecule has 0 unspecified atom stereocenters. The van der Waals surface area contributed by atoms with Crippen LogP contribution in [-0.4, -0.2) is 18.0 Å². The van der Waals surface area contributed by atoms with Crippen molar-refractivity contribution in [2.45, 2.75) is 20.8 Å². The highest BCUT2D eigenvalue weighted by molar-refractivity contribution is 5.98. The van der Waals surface area contributed by atoms with Crippen molar-refractivity contribution in [3.8, 4) is 11.8 Å². The zero-order valence-corrected chi connectivity index (χ0v) is 11.7. The number of hydrogen-bond acceptors (Lipinski definition) is 2. The van der Waals surface area contributed by atoms with Crippen molar-refractivity contribution >= 4 is 17.2 Å². The van der Waals surface area contributed by atoms with E-state index in [1.807, 2.05) is 45.0 Å². The molecule has 1 heterocycles. The van der Waals surface area contributed by atoms with E-state index in [0.29, 0.717) is 5.76 Å². The van der Waals surface area contributed by atoms with Crippen LogP contribution in [0.5, 0.6) is 0 Å². The molecule has 0 amide bonds. The Hall–Kier alpha value is -2.21. The summed E-state index contributed by atoms with van der Waals surface area (Å²) in [4.78, 5) is 0. The molecule has 0 atom stereocenters. The number of nitrogens with zero attached hydrogens (tertiary/aromatic N) is 1. The zero-order valence-electron chi connectivity index (χ0n) is 11.7. The molecule has 3 nitrogen and oxygen atoms in total. The van der Waals surface area contributed by atoms with E-state index in [0.717, 1.165) is 21.3 Å². The molecule has 0 fully saturated rings. The Bertz CT molecular complexity index is 687. The van der Waals surface area contributed by atoms with Gasteiger partial charge < -0.3 is 9.62 Å². The summed E-state index contributed by atoms with van der Waals surface area (Å²) < 4.78 is 6.49. The molecule has 1 aromatic carbocycles. The minimum atomic E-state index is -0.111. The van der Waals surface area contributed by atoms with Gasteiger partial charge in [0.25, 0.3) is 0 Å². The maximum Gasteiger partial charge on any atom is 0.191 e. The Kier molecular flexibility index (Phi) is 3.35. The van der Waals surface area contributed by atoms with Crippen LogP contribution in [0.25, 0.3) is 11.0 Å². The van der Waals surface area contributed by atoms with Crippen LogP contribution in [0.3, 0.4) is 0 Å². The normalized spacial score (nSPS) is 12.3. The highest BCUT2D eigenvalue weighted by Gasteiger charge is 2.13. The summed E-state index contributed by atoms with van der Waals surface area (Å²) in [6.07, 6.45) is 1.50. The Morgan fingerprint density at radius 2 is 1.95 bits per heavy atom. The number of hydroxylamine groups is 1. The fourth-order valence-corrected chi connectivity index (χ4v) is 1.71. The van der Waals surface area contributed by atoms with Crippen LogP contribution in [0, 0.1) is 22.5 Å². The second kappa shape index (κ2) is 4.81. The van der Waals surface area contributed by atoms with Crippen molar-refractivity contribution in [3.05, 3.63) is 40.8 Å². The van der Waals surface area contributed by atoms with Crippen molar-refractivity contribution in [1.29, 1.82) is 0 Å². The van der Waals surface area contributed by atoms with Crippen LogP contribution in [0.4, 0.5) is 0 Å². The van der Waals surface area contributed by atoms with Gasteiger partial charge in [-0.15, -0.1) is 0 Å². The Labute approximate surface area is 113 Å². The number of furan rings is 1. The van der Waals surface area contributed by atoms with Crippen LogP contribution in [0.2, 0.25) is 0 Å². The predicted octanol–water partition coefficient (Wildman–Crippen LogP) is 3.39. The third-order valence-electron chi connectivity index (χ3n) is 2.50. The molecule has 0 saturated heterocycles. The molecular formula is C16H17NO2. The van der Waals surface area contributed by atoms with Crippen LogP contribution in [-0.2, 0) is 0 Å². The van der Waals surface area contributed by atoms with E-state index < -0.39 is 0 Å². The average Bonchev–Trinajstić information content (AvgIpc) is 2.64. The third kappa shape index (κ3) is 3.17. The first-order valence-corrected chi connectivity index (χ1v) is 6.16. The number of rotatable bonds is 1. The van der Waals surface area contributed by atoms with Crippen molar-refractivity contribution in [2.24, 2.45) is 5.41 Å². The van der Waals surface area contributed by atoms with E-state index in [1.54, 1.807) is 0 Å². The monoisotopic (exact) mass is 255 g/mol. The molecule has 0 radical (unpaired) electrons. The molecule has 0 aliphatic heterocycles. The predicted molar refractivity (Wildman–Crippen MR) is 77.3 cm³/mol. The van der Waals surface area contributed by atoms with Gasteiger partial charge in [0.2, 0.25) is 0 Å². The molecule has 19 heavy (non-hydrogen) atoms. The molecule has 0 N–H and O–H groups in total. The number of hydrogen-bond donors (Lipinski definition) is 0. The fourth-order valence-electron chi connectivity index (χ4n) is 1.71. The first-order chi connectivity index (χ1) is 8.87. The SMILES string of the molecule is C/[N+]([O-])=C/c1c(C#CC(C)(C)C)oc2ccccc12. The van der Waals surface area contributed by atoms with Crippen LogP contribution >= 0.6 is 0 Å². The van der Waals surface area contributed by atoms with Crippen LogP contribution in [0.15, 0.2) is 28.7 Å². The summed E-state index contributed by atoms with van der Waals surface area (Å²) in [6.45, 7) is 6.10. The molecule has 0 aliphatic rings. The summed E-state index contributed by atoms with van der Waals surface area (Å²) in [5.74, 6) is 6.70. The molecule has 2 rings (SSSR count). The number of benzene rings is 1. The second-order valence-electron chi connectivity index (χ2n) is 5.52. The summed E-state index contributed by atoms with van der Waals surface area (Å²) in [7, 11) is 1.45. The second-order valence-corrected chi connectivity index (χ2v) is 5.52. The molecule has 0 spiro atoms. The summed E-state index contributed by atoms with van der Waals surface area (Å²) >= 11 is 0. The highest BCUT2D eigenvalue weighted by Crippen LogP contribution is 2.24. The fraction of sp³-hybridized carbons (Fsp3) is 0.312. The van der Waals surface area contributed by atoms with Gasteiger partial charge in [-0.25, -0.2) is 4.74 Å². The van der Waals surface area contributed by atoms with E-state index in [4.69, 9.17) is 4.42 Å². The minimum Gasteiger partial charge on any atom is -0.624 e. The zero-order chi connectivity index (χ0) is 14.0. The summed E-state index contributed by atoms with van der Waals surface area (Å²) in [6, 6.07) is 7.62. The highest BCUT2D eigenvalue weighted by atomic mass is 16.5. The molecule has 0 bridgehead atoms. The average molecular weight is 255 g/mol. The number of fused-ring (bicyclic) bond motifs is 1. The van der Waals surface area contributed by atoms with Gasteiger partial charge in [0.15, 0.2) is 12.0 Å². The molecule has 0 saturated carbocycles. The lowest BCUT2D eigenvalue weighted by molar-refractivity contribution is -0.416. The van der Waals surface area contributed by atoms with Crippen molar-refractivity contribution in [1.82, 2.24) is 0 Å². The van der Waals surface area contributed by atoms with Crippen molar-refractivity contribution in [3.63, 3.8) is 0 Å². The van der Waals surface area contributed by atoms with Crippen LogP contribution < -0.4 is 0 Å². The summed E-state index contributed by atoms with van der Waals surface area (Å²) in [5.41, 5.74) is 1.37. The molecule has 0 aliphatic carbocycles. The smallest absolute Gasteiger partial charge is 0.191 e. The van der Waals surface area contributed by atoms with Gasteiger partial charge in [0, 0.05) is 10.8 Å².